The fraction of sp³-hybridized carbons (Fsp3) is 0.286. The van der Waals surface area contributed by atoms with E-state index in [1.165, 1.54) is 11.8 Å². The minimum Gasteiger partial charge on any atom is -0.507 e. The van der Waals surface area contributed by atoms with Crippen LogP contribution in [0.15, 0.2) is 32.6 Å². The number of amidine groups is 1. The molecule has 1 fully saturated rings. The summed E-state index contributed by atoms with van der Waals surface area (Å²) in [7, 11) is 0. The summed E-state index contributed by atoms with van der Waals surface area (Å²) < 4.78 is 6.14. The molecule has 0 unspecified atom stereocenters. The molecule has 110 valence electrons. The topological polar surface area (TPSA) is 62.1 Å². The van der Waals surface area contributed by atoms with Gasteiger partial charge in [0.25, 0.3) is 5.91 Å². The lowest BCUT2D eigenvalue weighted by Gasteiger charge is -2.27. The smallest absolute Gasteiger partial charge is 0.286 e. The third-order valence-electron chi connectivity index (χ3n) is 3.17. The first-order valence-corrected chi connectivity index (χ1v) is 8.08. The number of benzene rings is 1. The average Bonchev–Trinajstić information content (AvgIpc) is 2.85. The molecule has 0 bridgehead atoms. The molecule has 0 atom stereocenters. The second-order valence-electron chi connectivity index (χ2n) is 4.61. The third-order valence-corrected chi connectivity index (χ3v) is 4.70. The van der Waals surface area contributed by atoms with E-state index in [0.29, 0.717) is 28.9 Å². The van der Waals surface area contributed by atoms with Crippen LogP contribution in [-0.4, -0.2) is 47.4 Å². The Hall–Kier alpha value is -1.31. The predicted molar refractivity (Wildman–Crippen MR) is 86.2 cm³/mol. The van der Waals surface area contributed by atoms with Crippen molar-refractivity contribution in [1.82, 2.24) is 4.90 Å². The van der Waals surface area contributed by atoms with Crippen molar-refractivity contribution in [3.05, 3.63) is 33.1 Å². The van der Waals surface area contributed by atoms with Gasteiger partial charge in [-0.1, -0.05) is 15.9 Å². The number of phenols is 1. The van der Waals surface area contributed by atoms with E-state index < -0.39 is 0 Å². The SMILES string of the molecule is O=C1N=C(N2CCOCC2)S/C1=C\c1cc(Br)ccc1O. The minimum absolute atomic E-state index is 0.138. The summed E-state index contributed by atoms with van der Waals surface area (Å²) in [6.07, 6.45) is 1.67. The number of halogens is 1. The van der Waals surface area contributed by atoms with Gasteiger partial charge >= 0.3 is 0 Å². The Balaban J connectivity index is 1.80. The maximum atomic E-state index is 12.0. The van der Waals surface area contributed by atoms with Crippen LogP contribution in [0.1, 0.15) is 5.56 Å². The second kappa shape index (κ2) is 6.21. The summed E-state index contributed by atoms with van der Waals surface area (Å²) in [6.45, 7) is 2.79. The number of carbonyl (C=O) groups excluding carboxylic acids is 1. The molecule has 1 saturated heterocycles. The van der Waals surface area contributed by atoms with Gasteiger partial charge in [-0.25, -0.2) is 0 Å². The monoisotopic (exact) mass is 368 g/mol. The Bertz CT molecular complexity index is 639. The largest absolute Gasteiger partial charge is 0.507 e. The number of aromatic hydroxyl groups is 1. The van der Waals surface area contributed by atoms with Crippen molar-refractivity contribution in [3.8, 4) is 5.75 Å². The number of amides is 1. The highest BCUT2D eigenvalue weighted by molar-refractivity contribution is 9.10. The standard InChI is InChI=1S/C14H13BrN2O3S/c15-10-1-2-11(18)9(7-10)8-12-13(19)16-14(21-12)17-3-5-20-6-4-17/h1-2,7-8,18H,3-6H2/b12-8-. The first kappa shape index (κ1) is 14.6. The molecule has 7 heteroatoms. The van der Waals surface area contributed by atoms with Crippen molar-refractivity contribution in [2.45, 2.75) is 0 Å². The minimum atomic E-state index is -0.263. The maximum Gasteiger partial charge on any atom is 0.286 e. The molecule has 3 rings (SSSR count). The average molecular weight is 369 g/mol. The molecule has 0 aromatic heterocycles. The Morgan fingerprint density at radius 2 is 2.14 bits per heavy atom. The van der Waals surface area contributed by atoms with E-state index in [-0.39, 0.29) is 11.7 Å². The van der Waals surface area contributed by atoms with Gasteiger partial charge in [0.05, 0.1) is 18.1 Å². The van der Waals surface area contributed by atoms with Gasteiger partial charge in [-0.2, -0.15) is 4.99 Å². The number of carbonyl (C=O) groups is 1. The molecule has 0 radical (unpaired) electrons. The van der Waals surface area contributed by atoms with E-state index in [0.717, 1.165) is 17.6 Å². The highest BCUT2D eigenvalue weighted by Gasteiger charge is 2.27. The number of thioether (sulfide) groups is 1. The van der Waals surface area contributed by atoms with Gasteiger partial charge in [0.15, 0.2) is 5.17 Å². The van der Waals surface area contributed by atoms with E-state index in [4.69, 9.17) is 4.74 Å². The van der Waals surface area contributed by atoms with Gasteiger partial charge in [-0.05, 0) is 36.0 Å². The summed E-state index contributed by atoms with van der Waals surface area (Å²) in [6, 6.07) is 5.10. The highest BCUT2D eigenvalue weighted by atomic mass is 79.9. The van der Waals surface area contributed by atoms with Crippen molar-refractivity contribution >= 4 is 44.8 Å². The normalized spacial score (nSPS) is 21.0. The molecule has 2 heterocycles. The number of phenolic OH excluding ortho intramolecular Hbond substituents is 1. The zero-order chi connectivity index (χ0) is 14.8. The summed E-state index contributed by atoms with van der Waals surface area (Å²) in [4.78, 5) is 18.7. The molecule has 21 heavy (non-hydrogen) atoms. The molecular weight excluding hydrogens is 356 g/mol. The number of nitrogens with zero attached hydrogens (tertiary/aromatic N) is 2. The Kier molecular flexibility index (Phi) is 4.32. The molecule has 1 aromatic rings. The number of aliphatic imine (C=N–C) groups is 1. The first-order chi connectivity index (χ1) is 10.1. The van der Waals surface area contributed by atoms with Crippen molar-refractivity contribution in [1.29, 1.82) is 0 Å². The maximum absolute atomic E-state index is 12.0. The van der Waals surface area contributed by atoms with E-state index >= 15 is 0 Å². The Morgan fingerprint density at radius 3 is 2.90 bits per heavy atom. The summed E-state index contributed by atoms with van der Waals surface area (Å²) in [5, 5.41) is 10.6. The van der Waals surface area contributed by atoms with Crippen LogP contribution in [-0.2, 0) is 9.53 Å². The highest BCUT2D eigenvalue weighted by Crippen LogP contribution is 2.33. The summed E-state index contributed by atoms with van der Waals surface area (Å²) >= 11 is 4.69. The lowest BCUT2D eigenvalue weighted by atomic mass is 10.2. The van der Waals surface area contributed by atoms with Crippen LogP contribution in [0.5, 0.6) is 5.75 Å². The quantitative estimate of drug-likeness (QED) is 0.771. The molecule has 0 spiro atoms. The molecule has 0 saturated carbocycles. The van der Waals surface area contributed by atoms with Gasteiger partial charge in [-0.15, -0.1) is 0 Å². The van der Waals surface area contributed by atoms with E-state index in [9.17, 15) is 9.90 Å². The van der Waals surface area contributed by atoms with Crippen molar-refractivity contribution < 1.29 is 14.6 Å². The number of rotatable bonds is 1. The molecule has 1 aromatic carbocycles. The van der Waals surface area contributed by atoms with Crippen molar-refractivity contribution in [3.63, 3.8) is 0 Å². The zero-order valence-electron chi connectivity index (χ0n) is 11.1. The van der Waals surface area contributed by atoms with Crippen LogP contribution in [0.3, 0.4) is 0 Å². The van der Waals surface area contributed by atoms with Crippen molar-refractivity contribution in [2.75, 3.05) is 26.3 Å². The van der Waals surface area contributed by atoms with E-state index in [1.54, 1.807) is 24.3 Å². The molecule has 2 aliphatic rings. The molecule has 0 aliphatic carbocycles. The predicted octanol–water partition coefficient (Wildman–Crippen LogP) is 2.46. The molecule has 5 nitrogen and oxygen atoms in total. The van der Waals surface area contributed by atoms with Gasteiger partial charge in [0, 0.05) is 23.1 Å². The van der Waals surface area contributed by atoms with Crippen LogP contribution in [0.4, 0.5) is 0 Å². The van der Waals surface area contributed by atoms with Gasteiger partial charge in [0.2, 0.25) is 0 Å². The molecular formula is C14H13BrN2O3S. The van der Waals surface area contributed by atoms with E-state index in [1.807, 2.05) is 4.90 Å². The van der Waals surface area contributed by atoms with Gasteiger partial charge < -0.3 is 14.7 Å². The lowest BCUT2D eigenvalue weighted by molar-refractivity contribution is -0.113. The number of hydrogen-bond acceptors (Lipinski definition) is 5. The van der Waals surface area contributed by atoms with Crippen LogP contribution < -0.4 is 0 Å². The summed E-state index contributed by atoms with van der Waals surface area (Å²) in [5.74, 6) is -0.125. The molecule has 2 aliphatic heterocycles. The van der Waals surface area contributed by atoms with Gasteiger partial charge in [0.1, 0.15) is 5.75 Å². The number of hydrogen-bond donors (Lipinski definition) is 1. The Morgan fingerprint density at radius 1 is 1.38 bits per heavy atom. The second-order valence-corrected chi connectivity index (χ2v) is 6.54. The van der Waals surface area contributed by atoms with Crippen LogP contribution >= 0.6 is 27.7 Å². The number of ether oxygens (including phenoxy) is 1. The summed E-state index contributed by atoms with van der Waals surface area (Å²) in [5.41, 5.74) is 0.596. The van der Waals surface area contributed by atoms with Crippen LogP contribution in [0.2, 0.25) is 0 Å². The fourth-order valence-electron chi connectivity index (χ4n) is 2.07. The van der Waals surface area contributed by atoms with E-state index in [2.05, 4.69) is 20.9 Å². The third kappa shape index (κ3) is 3.30. The Labute approximate surface area is 134 Å². The van der Waals surface area contributed by atoms with Gasteiger partial charge in [-0.3, -0.25) is 4.79 Å². The molecule has 1 N–H and O–H groups in total. The zero-order valence-corrected chi connectivity index (χ0v) is 13.5. The molecule has 1 amide bonds. The van der Waals surface area contributed by atoms with Crippen molar-refractivity contribution in [2.24, 2.45) is 4.99 Å². The number of morpholine rings is 1. The van der Waals surface area contributed by atoms with Crippen LogP contribution in [0, 0.1) is 0 Å². The lowest BCUT2D eigenvalue weighted by Crippen LogP contribution is -2.38. The van der Waals surface area contributed by atoms with Crippen LogP contribution in [0.25, 0.3) is 6.08 Å². The first-order valence-electron chi connectivity index (χ1n) is 6.47. The fourth-order valence-corrected chi connectivity index (χ4v) is 3.40.